The fraction of sp³-hybridized carbons (Fsp3) is 0.280. The van der Waals surface area contributed by atoms with Crippen molar-refractivity contribution in [3.63, 3.8) is 0 Å². The first kappa shape index (κ1) is 20.2. The summed E-state index contributed by atoms with van der Waals surface area (Å²) in [7, 11) is 0. The number of amides is 2. The average Bonchev–Trinajstić information content (AvgIpc) is 3.38. The van der Waals surface area contributed by atoms with Crippen molar-refractivity contribution < 1.29 is 9.59 Å². The van der Waals surface area contributed by atoms with E-state index >= 15 is 0 Å². The molecular formula is C25H22ClN5O2. The van der Waals surface area contributed by atoms with Crippen molar-refractivity contribution in [3.8, 4) is 0 Å². The molecule has 166 valence electrons. The van der Waals surface area contributed by atoms with Crippen LogP contribution in [0.5, 0.6) is 0 Å². The van der Waals surface area contributed by atoms with Gasteiger partial charge in [0.25, 0.3) is 5.95 Å². The van der Waals surface area contributed by atoms with Crippen molar-refractivity contribution in [2.24, 2.45) is 11.8 Å². The Morgan fingerprint density at radius 3 is 2.27 bits per heavy atom. The van der Waals surface area contributed by atoms with Gasteiger partial charge in [0, 0.05) is 5.02 Å². The second kappa shape index (κ2) is 7.85. The van der Waals surface area contributed by atoms with E-state index < -0.39 is 0 Å². The van der Waals surface area contributed by atoms with Crippen LogP contribution in [0.3, 0.4) is 0 Å². The van der Waals surface area contributed by atoms with Crippen LogP contribution in [-0.2, 0) is 9.59 Å². The van der Waals surface area contributed by atoms with Gasteiger partial charge in [0.1, 0.15) is 0 Å². The molecule has 0 unspecified atom stereocenters. The minimum Gasteiger partial charge on any atom is -0.347 e. The number of carbonyl (C=O) groups is 2. The largest absolute Gasteiger partial charge is 0.347 e. The summed E-state index contributed by atoms with van der Waals surface area (Å²) in [4.78, 5) is 32.0. The number of allylic oxidation sites excluding steroid dienone is 2. The number of imide groups is 1. The number of fused-ring (bicyclic) bond motifs is 2. The number of nitrogens with zero attached hydrogens (tertiary/aromatic N) is 4. The van der Waals surface area contributed by atoms with E-state index in [2.05, 4.69) is 27.5 Å². The highest BCUT2D eigenvalue weighted by atomic mass is 35.5. The number of halogens is 1. The molecule has 8 heteroatoms. The summed E-state index contributed by atoms with van der Waals surface area (Å²) in [6, 6.07) is 17.6. The molecule has 2 aliphatic heterocycles. The summed E-state index contributed by atoms with van der Waals surface area (Å²) in [5.74, 6) is -0.437. The van der Waals surface area contributed by atoms with Crippen LogP contribution in [0.15, 0.2) is 66.7 Å². The number of rotatable bonds is 3. The number of benzene rings is 2. The van der Waals surface area contributed by atoms with Crippen LogP contribution in [0.1, 0.15) is 42.5 Å². The quantitative estimate of drug-likeness (QED) is 0.459. The van der Waals surface area contributed by atoms with E-state index in [4.69, 9.17) is 11.6 Å². The molecule has 0 spiro atoms. The molecule has 3 aliphatic rings. The molecule has 2 aromatic carbocycles. The van der Waals surface area contributed by atoms with E-state index in [0.717, 1.165) is 11.1 Å². The summed E-state index contributed by atoms with van der Waals surface area (Å²) in [6.07, 6.45) is 5.80. The molecule has 3 aromatic rings. The smallest absolute Gasteiger partial charge is 0.260 e. The SMILES string of the molecule is O=C1[C@H]2CC=CC[C@H]2C(=O)N1c1nc2n(n1)[C@@H](c1ccccc1Cl)C[C@H](c1ccccc1)N2. The Labute approximate surface area is 196 Å². The lowest BCUT2D eigenvalue weighted by atomic mass is 9.85. The Morgan fingerprint density at radius 2 is 1.58 bits per heavy atom. The first-order valence-corrected chi connectivity index (χ1v) is 11.5. The highest BCUT2D eigenvalue weighted by Crippen LogP contribution is 2.42. The van der Waals surface area contributed by atoms with E-state index in [-0.39, 0.29) is 41.7 Å². The number of carbonyl (C=O) groups excluding carboxylic acids is 2. The first-order valence-electron chi connectivity index (χ1n) is 11.2. The van der Waals surface area contributed by atoms with Crippen LogP contribution in [0.25, 0.3) is 0 Å². The summed E-state index contributed by atoms with van der Waals surface area (Å²) in [5.41, 5.74) is 2.05. The van der Waals surface area contributed by atoms with Gasteiger partial charge in [-0.3, -0.25) is 9.59 Å². The van der Waals surface area contributed by atoms with Crippen LogP contribution in [0, 0.1) is 11.8 Å². The van der Waals surface area contributed by atoms with Gasteiger partial charge in [-0.2, -0.15) is 4.98 Å². The molecule has 1 fully saturated rings. The number of hydrogen-bond donors (Lipinski definition) is 1. The second-order valence-electron chi connectivity index (χ2n) is 8.73. The normalized spacial score (nSPS) is 26.2. The fourth-order valence-corrected chi connectivity index (χ4v) is 5.43. The standard InChI is InChI=1S/C25H22ClN5O2/c26-19-13-7-6-12-18(19)21-14-20(15-8-2-1-3-9-15)27-24-28-25(29-31(21)24)30-22(32)16-10-4-5-11-17(16)23(30)33/h1-9,12-13,16-17,20-21H,10-11,14H2,(H,27,28,29)/t16-,17+,20-,21-/m1/s1. The monoisotopic (exact) mass is 459 g/mol. The van der Waals surface area contributed by atoms with E-state index in [1.165, 1.54) is 4.90 Å². The Morgan fingerprint density at radius 1 is 0.909 bits per heavy atom. The zero-order chi connectivity index (χ0) is 22.5. The van der Waals surface area contributed by atoms with Gasteiger partial charge < -0.3 is 5.32 Å². The lowest BCUT2D eigenvalue weighted by Gasteiger charge is -2.32. The molecule has 2 amide bonds. The van der Waals surface area contributed by atoms with Crippen molar-refractivity contribution in [2.75, 3.05) is 10.2 Å². The van der Waals surface area contributed by atoms with Crippen molar-refractivity contribution in [2.45, 2.75) is 31.3 Å². The van der Waals surface area contributed by atoms with E-state index in [9.17, 15) is 9.59 Å². The number of nitrogens with one attached hydrogen (secondary N) is 1. The van der Waals surface area contributed by atoms with E-state index in [1.807, 2.05) is 54.6 Å². The Hall–Kier alpha value is -3.45. The molecule has 3 heterocycles. The Bertz CT molecular complexity index is 1240. The van der Waals surface area contributed by atoms with Crippen molar-refractivity contribution in [3.05, 3.63) is 82.9 Å². The minimum atomic E-state index is -0.326. The lowest BCUT2D eigenvalue weighted by molar-refractivity contribution is -0.122. The number of hydrogen-bond acceptors (Lipinski definition) is 5. The second-order valence-corrected chi connectivity index (χ2v) is 9.14. The molecule has 0 bridgehead atoms. The molecule has 0 radical (unpaired) electrons. The maximum absolute atomic E-state index is 13.1. The third-order valence-electron chi connectivity index (χ3n) is 6.85. The Kier molecular flexibility index (Phi) is 4.80. The maximum atomic E-state index is 13.1. The molecule has 1 N–H and O–H groups in total. The summed E-state index contributed by atoms with van der Waals surface area (Å²) < 4.78 is 1.76. The lowest BCUT2D eigenvalue weighted by Crippen LogP contribution is -2.32. The summed E-state index contributed by atoms with van der Waals surface area (Å²) in [5, 5.41) is 8.76. The molecule has 33 heavy (non-hydrogen) atoms. The van der Waals surface area contributed by atoms with Gasteiger partial charge in [0.05, 0.1) is 23.9 Å². The highest BCUT2D eigenvalue weighted by molar-refractivity contribution is 6.31. The van der Waals surface area contributed by atoms with Crippen molar-refractivity contribution in [1.29, 1.82) is 0 Å². The molecule has 6 rings (SSSR count). The summed E-state index contributed by atoms with van der Waals surface area (Å²) >= 11 is 6.57. The van der Waals surface area contributed by atoms with Gasteiger partial charge in [-0.05, 0) is 36.5 Å². The fourth-order valence-electron chi connectivity index (χ4n) is 5.17. The molecule has 4 atom stereocenters. The van der Waals surface area contributed by atoms with Crippen LogP contribution in [0.2, 0.25) is 5.02 Å². The van der Waals surface area contributed by atoms with Crippen LogP contribution < -0.4 is 10.2 Å². The summed E-state index contributed by atoms with van der Waals surface area (Å²) in [6.45, 7) is 0. The Balaban J connectivity index is 1.42. The first-order chi connectivity index (χ1) is 16.1. The predicted octanol–water partition coefficient (Wildman–Crippen LogP) is 4.53. The van der Waals surface area contributed by atoms with Gasteiger partial charge in [-0.25, -0.2) is 9.58 Å². The third-order valence-corrected chi connectivity index (χ3v) is 7.20. The average molecular weight is 460 g/mol. The molecular weight excluding hydrogens is 438 g/mol. The van der Waals surface area contributed by atoms with Gasteiger partial charge in [0.2, 0.25) is 17.8 Å². The van der Waals surface area contributed by atoms with Crippen LogP contribution in [-0.4, -0.2) is 26.6 Å². The van der Waals surface area contributed by atoms with Crippen LogP contribution >= 0.6 is 11.6 Å². The van der Waals surface area contributed by atoms with Gasteiger partial charge >= 0.3 is 0 Å². The van der Waals surface area contributed by atoms with E-state index in [0.29, 0.717) is 30.2 Å². The zero-order valence-electron chi connectivity index (χ0n) is 17.8. The highest BCUT2D eigenvalue weighted by Gasteiger charge is 2.50. The van der Waals surface area contributed by atoms with Gasteiger partial charge in [0.15, 0.2) is 0 Å². The van der Waals surface area contributed by atoms with E-state index in [1.54, 1.807) is 4.68 Å². The van der Waals surface area contributed by atoms with Gasteiger partial charge in [-0.15, -0.1) is 5.10 Å². The van der Waals surface area contributed by atoms with Gasteiger partial charge in [-0.1, -0.05) is 72.3 Å². The maximum Gasteiger partial charge on any atom is 0.260 e. The topological polar surface area (TPSA) is 80.1 Å². The zero-order valence-corrected chi connectivity index (χ0v) is 18.5. The van der Waals surface area contributed by atoms with Crippen molar-refractivity contribution >= 4 is 35.3 Å². The molecule has 1 saturated heterocycles. The third kappa shape index (κ3) is 3.26. The molecule has 0 saturated carbocycles. The van der Waals surface area contributed by atoms with Crippen LogP contribution in [0.4, 0.5) is 11.9 Å². The molecule has 1 aliphatic carbocycles. The number of anilines is 2. The van der Waals surface area contributed by atoms with Crippen molar-refractivity contribution in [1.82, 2.24) is 14.8 Å². The molecule has 7 nitrogen and oxygen atoms in total. The minimum absolute atomic E-state index is 0.0196. The molecule has 1 aromatic heterocycles. The predicted molar refractivity (Wildman–Crippen MR) is 125 cm³/mol. The number of aromatic nitrogens is 3.